The van der Waals surface area contributed by atoms with E-state index in [1.165, 1.54) is 30.7 Å². The van der Waals surface area contributed by atoms with Crippen LogP contribution >= 0.6 is 0 Å². The summed E-state index contributed by atoms with van der Waals surface area (Å²) in [6.45, 7) is 0.558. The number of rotatable bonds is 7. The molecule has 1 amide bonds. The normalized spacial score (nSPS) is 14.9. The molecule has 7 nitrogen and oxygen atoms in total. The first-order valence-electron chi connectivity index (χ1n) is 11.5. The molecule has 0 unspecified atom stereocenters. The third-order valence-electron chi connectivity index (χ3n) is 6.48. The molecule has 4 rings (SSSR count). The van der Waals surface area contributed by atoms with E-state index in [9.17, 15) is 13.2 Å². The maximum absolute atomic E-state index is 13.4. The van der Waals surface area contributed by atoms with Gasteiger partial charge < -0.3 is 14.4 Å². The van der Waals surface area contributed by atoms with Crippen LogP contribution in [-0.2, 0) is 14.8 Å². The standard InChI is InChI=1S/C27H30N2O5S/c1-28(24-12-8-7-11-23(24)20-9-5-4-6-10-20)27(30)21-15-17-29(18-16-21)35(31,32)22-13-14-25(33-2)26(19-22)34-3/h4-14,19,21H,15-18H2,1-3H3. The van der Waals surface area contributed by atoms with Crippen molar-refractivity contribution in [3.8, 4) is 22.6 Å². The summed E-state index contributed by atoms with van der Waals surface area (Å²) in [5.41, 5.74) is 2.86. The van der Waals surface area contributed by atoms with Crippen LogP contribution in [0.1, 0.15) is 12.8 Å². The second-order valence-electron chi connectivity index (χ2n) is 8.48. The van der Waals surface area contributed by atoms with Crippen LogP contribution in [0.5, 0.6) is 11.5 Å². The van der Waals surface area contributed by atoms with E-state index in [4.69, 9.17) is 9.47 Å². The van der Waals surface area contributed by atoms with Crippen LogP contribution in [0, 0.1) is 5.92 Å². The van der Waals surface area contributed by atoms with Crippen LogP contribution in [0.2, 0.25) is 0 Å². The Hall–Kier alpha value is -3.36. The predicted molar refractivity (Wildman–Crippen MR) is 136 cm³/mol. The largest absolute Gasteiger partial charge is 0.493 e. The quantitative estimate of drug-likeness (QED) is 0.486. The molecular weight excluding hydrogens is 464 g/mol. The second kappa shape index (κ2) is 10.5. The Labute approximate surface area is 206 Å². The first-order chi connectivity index (χ1) is 16.9. The van der Waals surface area contributed by atoms with Crippen LogP contribution in [-0.4, -0.2) is 53.0 Å². The number of carbonyl (C=O) groups excluding carboxylic acids is 1. The topological polar surface area (TPSA) is 76.2 Å². The zero-order valence-corrected chi connectivity index (χ0v) is 21.0. The fraction of sp³-hybridized carbons (Fsp3) is 0.296. The first kappa shape index (κ1) is 24.8. The lowest BCUT2D eigenvalue weighted by Crippen LogP contribution is -2.43. The number of hydrogen-bond acceptors (Lipinski definition) is 5. The van der Waals surface area contributed by atoms with Gasteiger partial charge in [0.05, 0.1) is 24.8 Å². The molecule has 0 saturated carbocycles. The smallest absolute Gasteiger partial charge is 0.243 e. The van der Waals surface area contributed by atoms with Crippen molar-refractivity contribution >= 4 is 21.6 Å². The number of anilines is 1. The number of benzene rings is 3. The van der Waals surface area contributed by atoms with Crippen molar-refractivity contribution in [1.29, 1.82) is 0 Å². The summed E-state index contributed by atoms with van der Waals surface area (Å²) in [6.07, 6.45) is 0.923. The van der Waals surface area contributed by atoms with Gasteiger partial charge in [0, 0.05) is 37.7 Å². The van der Waals surface area contributed by atoms with Gasteiger partial charge in [-0.25, -0.2) is 8.42 Å². The summed E-state index contributed by atoms with van der Waals surface area (Å²) < 4.78 is 38.4. The summed E-state index contributed by atoms with van der Waals surface area (Å²) >= 11 is 0. The molecule has 8 heteroatoms. The SMILES string of the molecule is COc1ccc(S(=O)(=O)N2CCC(C(=O)N(C)c3ccccc3-c3ccccc3)CC2)cc1OC. The number of piperidine rings is 1. The lowest BCUT2D eigenvalue weighted by molar-refractivity contribution is -0.123. The molecule has 0 bridgehead atoms. The van der Waals surface area contributed by atoms with Gasteiger partial charge in [0.15, 0.2) is 11.5 Å². The van der Waals surface area contributed by atoms with E-state index in [0.29, 0.717) is 24.3 Å². The first-order valence-corrected chi connectivity index (χ1v) is 12.9. The van der Waals surface area contributed by atoms with Gasteiger partial charge in [-0.2, -0.15) is 4.31 Å². The van der Waals surface area contributed by atoms with Gasteiger partial charge in [0.1, 0.15) is 0 Å². The maximum Gasteiger partial charge on any atom is 0.243 e. The van der Waals surface area contributed by atoms with Crippen LogP contribution in [0.25, 0.3) is 11.1 Å². The highest BCUT2D eigenvalue weighted by Crippen LogP contribution is 2.34. The number of amides is 1. The Morgan fingerprint density at radius 1 is 0.886 bits per heavy atom. The minimum atomic E-state index is -3.71. The number of ether oxygens (including phenoxy) is 2. The molecule has 0 aliphatic carbocycles. The van der Waals surface area contributed by atoms with E-state index in [2.05, 4.69) is 0 Å². The fourth-order valence-corrected chi connectivity index (χ4v) is 5.98. The van der Waals surface area contributed by atoms with Crippen molar-refractivity contribution in [2.75, 3.05) is 39.3 Å². The zero-order chi connectivity index (χ0) is 25.0. The highest BCUT2D eigenvalue weighted by Gasteiger charge is 2.34. The minimum Gasteiger partial charge on any atom is -0.493 e. The van der Waals surface area contributed by atoms with Gasteiger partial charge in [-0.3, -0.25) is 4.79 Å². The molecule has 0 N–H and O–H groups in total. The predicted octanol–water partition coefficient (Wildman–Crippen LogP) is 4.43. The molecular formula is C27H30N2O5S. The van der Waals surface area contributed by atoms with E-state index in [1.54, 1.807) is 18.0 Å². The van der Waals surface area contributed by atoms with Crippen LogP contribution in [0.4, 0.5) is 5.69 Å². The van der Waals surface area contributed by atoms with Crippen LogP contribution in [0.3, 0.4) is 0 Å². The molecule has 1 aliphatic heterocycles. The summed E-state index contributed by atoms with van der Waals surface area (Å²) in [7, 11) is 1.05. The molecule has 35 heavy (non-hydrogen) atoms. The highest BCUT2D eigenvalue weighted by molar-refractivity contribution is 7.89. The second-order valence-corrected chi connectivity index (χ2v) is 10.4. The molecule has 184 valence electrons. The molecule has 1 fully saturated rings. The molecule has 0 spiro atoms. The Morgan fingerprint density at radius 2 is 1.51 bits per heavy atom. The molecule has 0 atom stereocenters. The Morgan fingerprint density at radius 3 is 2.17 bits per heavy atom. The number of hydrogen-bond donors (Lipinski definition) is 0. The lowest BCUT2D eigenvalue weighted by Gasteiger charge is -2.33. The average Bonchev–Trinajstić information content (AvgIpc) is 2.92. The molecule has 3 aromatic carbocycles. The third-order valence-corrected chi connectivity index (χ3v) is 8.37. The molecule has 3 aromatic rings. The number of methoxy groups -OCH3 is 2. The van der Waals surface area contributed by atoms with Crippen molar-refractivity contribution < 1.29 is 22.7 Å². The number of nitrogens with zero attached hydrogens (tertiary/aromatic N) is 2. The van der Waals surface area contributed by atoms with Crippen molar-refractivity contribution in [2.45, 2.75) is 17.7 Å². The van der Waals surface area contributed by atoms with Gasteiger partial charge in [0.2, 0.25) is 15.9 Å². The van der Waals surface area contributed by atoms with Gasteiger partial charge >= 0.3 is 0 Å². The Bertz CT molecular complexity index is 1290. The summed E-state index contributed by atoms with van der Waals surface area (Å²) in [4.78, 5) is 15.2. The maximum atomic E-state index is 13.4. The monoisotopic (exact) mass is 494 g/mol. The molecule has 0 radical (unpaired) electrons. The number of carbonyl (C=O) groups is 1. The molecule has 0 aromatic heterocycles. The van der Waals surface area contributed by atoms with E-state index < -0.39 is 10.0 Å². The average molecular weight is 495 g/mol. The zero-order valence-electron chi connectivity index (χ0n) is 20.2. The fourth-order valence-electron chi connectivity index (χ4n) is 4.49. The molecule has 1 heterocycles. The van der Waals surface area contributed by atoms with E-state index in [0.717, 1.165) is 16.8 Å². The van der Waals surface area contributed by atoms with Crippen molar-refractivity contribution in [1.82, 2.24) is 4.31 Å². The molecule has 1 saturated heterocycles. The van der Waals surface area contributed by atoms with Crippen molar-refractivity contribution in [2.24, 2.45) is 5.92 Å². The Balaban J connectivity index is 1.47. The number of sulfonamides is 1. The van der Waals surface area contributed by atoms with Gasteiger partial charge in [0.25, 0.3) is 0 Å². The third kappa shape index (κ3) is 5.04. The molecule has 1 aliphatic rings. The van der Waals surface area contributed by atoms with Crippen molar-refractivity contribution in [3.63, 3.8) is 0 Å². The van der Waals surface area contributed by atoms with E-state index in [-0.39, 0.29) is 29.8 Å². The minimum absolute atomic E-state index is 0.00320. The lowest BCUT2D eigenvalue weighted by atomic mass is 9.95. The Kier molecular flexibility index (Phi) is 7.42. The van der Waals surface area contributed by atoms with Gasteiger partial charge in [-0.1, -0.05) is 48.5 Å². The van der Waals surface area contributed by atoms with E-state index in [1.807, 2.05) is 54.6 Å². The number of para-hydroxylation sites is 1. The highest BCUT2D eigenvalue weighted by atomic mass is 32.2. The summed E-state index contributed by atoms with van der Waals surface area (Å²) in [5, 5.41) is 0. The van der Waals surface area contributed by atoms with E-state index >= 15 is 0 Å². The van der Waals surface area contributed by atoms with Crippen molar-refractivity contribution in [3.05, 3.63) is 72.8 Å². The van der Waals surface area contributed by atoms with Crippen LogP contribution in [0.15, 0.2) is 77.7 Å². The van der Waals surface area contributed by atoms with Gasteiger partial charge in [-0.15, -0.1) is 0 Å². The summed E-state index contributed by atoms with van der Waals surface area (Å²) in [5.74, 6) is 0.573. The summed E-state index contributed by atoms with van der Waals surface area (Å²) in [6, 6.07) is 22.4. The van der Waals surface area contributed by atoms with Gasteiger partial charge in [-0.05, 0) is 36.6 Å². The van der Waals surface area contributed by atoms with Crippen LogP contribution < -0.4 is 14.4 Å².